The summed E-state index contributed by atoms with van der Waals surface area (Å²) < 4.78 is 57.9. The second-order valence-electron chi connectivity index (χ2n) is 6.82. The Labute approximate surface area is 165 Å². The van der Waals surface area contributed by atoms with Crippen LogP contribution >= 0.6 is 0 Å². The zero-order valence-electron chi connectivity index (χ0n) is 15.9. The number of hydrogen-bond acceptors (Lipinski definition) is 6. The van der Waals surface area contributed by atoms with Gasteiger partial charge in [-0.2, -0.15) is 0 Å². The first-order valence-electron chi connectivity index (χ1n) is 8.24. The number of hydrogen-bond donors (Lipinski definition) is 0. The summed E-state index contributed by atoms with van der Waals surface area (Å²) in [6.45, 7) is 4.75. The van der Waals surface area contributed by atoms with Crippen molar-refractivity contribution in [3.63, 3.8) is 0 Å². The molecule has 0 radical (unpaired) electrons. The first-order chi connectivity index (χ1) is 12.9. The summed E-state index contributed by atoms with van der Waals surface area (Å²) in [7, 11) is -8.25. The van der Waals surface area contributed by atoms with E-state index in [1.165, 1.54) is 48.5 Å². The van der Waals surface area contributed by atoms with E-state index in [-0.39, 0.29) is 13.6 Å². The Morgan fingerprint density at radius 3 is 1.46 bits per heavy atom. The summed E-state index contributed by atoms with van der Waals surface area (Å²) in [6.07, 6.45) is -1.13. The van der Waals surface area contributed by atoms with Crippen LogP contribution < -0.4 is 0 Å². The van der Waals surface area contributed by atoms with Crippen molar-refractivity contribution in [2.24, 2.45) is 0 Å². The number of ether oxygens (including phenoxy) is 1. The van der Waals surface area contributed by atoms with Gasteiger partial charge >= 0.3 is 6.09 Å². The van der Waals surface area contributed by atoms with Crippen LogP contribution in [0.3, 0.4) is 0 Å². The largest absolute Gasteiger partial charge is 0.443 e. The van der Waals surface area contributed by atoms with Gasteiger partial charge in [0.1, 0.15) is 5.60 Å². The van der Waals surface area contributed by atoms with E-state index < -0.39 is 31.7 Å². The molecule has 0 saturated carbocycles. The zero-order chi connectivity index (χ0) is 21.2. The first-order valence-corrected chi connectivity index (χ1v) is 11.1. The van der Waals surface area contributed by atoms with Crippen LogP contribution in [0.2, 0.25) is 0 Å². The third-order valence-corrected chi connectivity index (χ3v) is 7.62. The molecule has 0 spiro atoms. The fourth-order valence-corrected chi connectivity index (χ4v) is 5.90. The van der Waals surface area contributed by atoms with Crippen LogP contribution in [0.15, 0.2) is 70.5 Å². The molecule has 0 aliphatic carbocycles. The molecule has 10 heteroatoms. The normalized spacial score (nSPS) is 12.6. The Morgan fingerprint density at radius 2 is 1.14 bits per heavy atom. The standard InChI is InChI=1S/C18H22N2O6S2/c1-18(2,3)26-17(21)19(4)20(27(22,23)15-11-7-5-8-12-15)28(24,25)16-13-9-6-10-14-16/h5-14H,1-4H3. The molecule has 2 aromatic carbocycles. The third-order valence-electron chi connectivity index (χ3n) is 3.40. The maximum absolute atomic E-state index is 13.2. The summed E-state index contributed by atoms with van der Waals surface area (Å²) in [5.74, 6) is 0. The zero-order valence-corrected chi connectivity index (χ0v) is 17.6. The van der Waals surface area contributed by atoms with Gasteiger partial charge < -0.3 is 4.74 Å². The molecule has 28 heavy (non-hydrogen) atoms. The maximum Gasteiger partial charge on any atom is 0.426 e. The SMILES string of the molecule is CN(C(=O)OC(C)(C)C)N(S(=O)(=O)c1ccccc1)S(=O)(=O)c1ccccc1. The van der Waals surface area contributed by atoms with Gasteiger partial charge in [-0.3, -0.25) is 0 Å². The highest BCUT2D eigenvalue weighted by molar-refractivity contribution is 8.04. The van der Waals surface area contributed by atoms with Crippen molar-refractivity contribution in [2.45, 2.75) is 36.2 Å². The molecule has 0 bridgehead atoms. The number of rotatable bonds is 5. The second kappa shape index (κ2) is 7.90. The topological polar surface area (TPSA) is 101 Å². The number of carbonyl (C=O) groups is 1. The van der Waals surface area contributed by atoms with E-state index in [1.807, 2.05) is 0 Å². The molecule has 0 unspecified atom stereocenters. The van der Waals surface area contributed by atoms with Crippen molar-refractivity contribution in [1.29, 1.82) is 0 Å². The van der Waals surface area contributed by atoms with E-state index in [4.69, 9.17) is 4.74 Å². The quantitative estimate of drug-likeness (QED) is 0.682. The van der Waals surface area contributed by atoms with Gasteiger partial charge in [-0.1, -0.05) is 36.4 Å². The minimum atomic E-state index is -4.64. The van der Waals surface area contributed by atoms with Gasteiger partial charge in [-0.25, -0.2) is 26.6 Å². The van der Waals surface area contributed by atoms with E-state index in [0.717, 1.165) is 7.05 Å². The van der Waals surface area contributed by atoms with E-state index in [1.54, 1.807) is 32.9 Å². The molecule has 2 rings (SSSR count). The molecular weight excluding hydrogens is 404 g/mol. The lowest BCUT2D eigenvalue weighted by atomic mass is 10.2. The van der Waals surface area contributed by atoms with E-state index >= 15 is 0 Å². The van der Waals surface area contributed by atoms with Crippen LogP contribution in [0.5, 0.6) is 0 Å². The average Bonchev–Trinajstić information content (AvgIpc) is 2.61. The van der Waals surface area contributed by atoms with Crippen LogP contribution in [-0.4, -0.2) is 44.4 Å². The molecule has 0 N–H and O–H groups in total. The van der Waals surface area contributed by atoms with Crippen LogP contribution in [-0.2, 0) is 24.8 Å². The number of sulfonamides is 2. The highest BCUT2D eigenvalue weighted by Crippen LogP contribution is 2.26. The van der Waals surface area contributed by atoms with Crippen LogP contribution in [0.1, 0.15) is 20.8 Å². The molecule has 2 aromatic rings. The lowest BCUT2D eigenvalue weighted by Gasteiger charge is -2.31. The van der Waals surface area contributed by atoms with Gasteiger partial charge in [-0.15, -0.1) is 0 Å². The minimum absolute atomic E-state index is 0.0543. The number of nitrogens with zero attached hydrogens (tertiary/aromatic N) is 2. The van der Waals surface area contributed by atoms with E-state index in [0.29, 0.717) is 5.01 Å². The van der Waals surface area contributed by atoms with Gasteiger partial charge in [0.25, 0.3) is 20.0 Å². The summed E-state index contributed by atoms with van der Waals surface area (Å²) in [6, 6.07) is 14.0. The summed E-state index contributed by atoms with van der Waals surface area (Å²) >= 11 is 0. The minimum Gasteiger partial charge on any atom is -0.443 e. The number of carbonyl (C=O) groups excluding carboxylic acids is 1. The van der Waals surface area contributed by atoms with Crippen LogP contribution in [0.25, 0.3) is 0 Å². The van der Waals surface area contributed by atoms with Crippen molar-refractivity contribution < 1.29 is 26.4 Å². The molecular formula is C18H22N2O6S2. The fourth-order valence-electron chi connectivity index (χ4n) is 2.21. The van der Waals surface area contributed by atoms with Gasteiger partial charge in [0.2, 0.25) is 0 Å². The second-order valence-corrected chi connectivity index (χ2v) is 10.6. The Morgan fingerprint density at radius 1 is 0.786 bits per heavy atom. The van der Waals surface area contributed by atoms with Gasteiger partial charge in [0, 0.05) is 10.9 Å². The smallest absolute Gasteiger partial charge is 0.426 e. The first kappa shape index (κ1) is 21.9. The van der Waals surface area contributed by atoms with Crippen LogP contribution in [0, 0.1) is 0 Å². The molecule has 0 saturated heterocycles. The summed E-state index contributed by atoms with van der Waals surface area (Å²) in [4.78, 5) is 11.9. The predicted molar refractivity (Wildman–Crippen MR) is 103 cm³/mol. The fraction of sp³-hybridized carbons (Fsp3) is 0.278. The van der Waals surface area contributed by atoms with Crippen molar-refractivity contribution in [3.05, 3.63) is 60.7 Å². The van der Waals surface area contributed by atoms with E-state index in [9.17, 15) is 21.6 Å². The summed E-state index contributed by atoms with van der Waals surface area (Å²) in [5, 5.41) is 0.440. The Balaban J connectivity index is 2.64. The molecule has 0 heterocycles. The lowest BCUT2D eigenvalue weighted by molar-refractivity contribution is 0.0114. The molecule has 152 valence electrons. The monoisotopic (exact) mass is 426 g/mol. The van der Waals surface area contributed by atoms with Crippen molar-refractivity contribution in [3.8, 4) is 0 Å². The molecule has 8 nitrogen and oxygen atoms in total. The highest BCUT2D eigenvalue weighted by atomic mass is 32.3. The van der Waals surface area contributed by atoms with Crippen LogP contribution in [0.4, 0.5) is 4.79 Å². The van der Waals surface area contributed by atoms with Gasteiger partial charge in [-0.05, 0) is 45.0 Å². The van der Waals surface area contributed by atoms with Gasteiger partial charge in [0.15, 0.2) is 0 Å². The number of hydrazine groups is 1. The Kier molecular flexibility index (Phi) is 6.17. The predicted octanol–water partition coefficient (Wildman–Crippen LogP) is 2.85. The number of benzene rings is 2. The molecule has 0 fully saturated rings. The molecule has 1 amide bonds. The molecule has 0 aromatic heterocycles. The van der Waals surface area contributed by atoms with Crippen molar-refractivity contribution in [1.82, 2.24) is 8.83 Å². The highest BCUT2D eigenvalue weighted by Gasteiger charge is 2.43. The van der Waals surface area contributed by atoms with E-state index in [2.05, 4.69) is 0 Å². The number of amides is 1. The Hall–Kier alpha value is -2.43. The molecule has 0 atom stereocenters. The summed E-state index contributed by atoms with van der Waals surface area (Å²) in [5.41, 5.74) is -0.954. The molecule has 0 aliphatic rings. The van der Waals surface area contributed by atoms with Crippen molar-refractivity contribution >= 4 is 26.1 Å². The molecule has 0 aliphatic heterocycles. The van der Waals surface area contributed by atoms with Crippen molar-refractivity contribution in [2.75, 3.05) is 7.05 Å². The maximum atomic E-state index is 13.2. The average molecular weight is 427 g/mol. The third kappa shape index (κ3) is 4.70. The lowest BCUT2D eigenvalue weighted by Crippen LogP contribution is -2.51. The Bertz CT molecular complexity index is 961. The van der Waals surface area contributed by atoms with Gasteiger partial charge in [0.05, 0.1) is 9.79 Å².